The van der Waals surface area contributed by atoms with Crippen LogP contribution in [0.2, 0.25) is 0 Å². The van der Waals surface area contributed by atoms with Crippen molar-refractivity contribution in [3.63, 3.8) is 0 Å². The van der Waals surface area contributed by atoms with Gasteiger partial charge in [0.2, 0.25) is 0 Å². The molecule has 0 aliphatic rings. The first kappa shape index (κ1) is 21.5. The standard InChI is InChI=1S/C54H37N/c1-3-13-38(14-4-1)39-23-30-45(31-24-39)55(47-34-27-42(28-35-47)53-37-44-18-8-9-19-48(44)51-21-11-12-22-52(51)53)46-32-25-41(26-33-46)50-36-29-40-15-7-10-20-49(40)54(50)43-16-5-2-6-17-43/h1-37H/i1D,3D,4D,13D,14D,23D,24D,27D,28D,30D,31D,34D,35D. The highest BCUT2D eigenvalue weighted by molar-refractivity contribution is 6.13. The molecule has 0 aliphatic heterocycles. The number of benzene rings is 10. The Bertz CT molecular complexity index is 3640. The van der Waals surface area contributed by atoms with Crippen molar-refractivity contribution in [1.29, 1.82) is 0 Å². The molecule has 0 bridgehead atoms. The van der Waals surface area contributed by atoms with Crippen molar-refractivity contribution in [1.82, 2.24) is 0 Å². The van der Waals surface area contributed by atoms with Gasteiger partial charge >= 0.3 is 0 Å². The minimum absolute atomic E-state index is 0.0295. The molecule has 0 saturated carbocycles. The molecule has 0 atom stereocenters. The van der Waals surface area contributed by atoms with E-state index < -0.39 is 95.4 Å². The van der Waals surface area contributed by atoms with Crippen molar-refractivity contribution >= 4 is 49.4 Å². The molecule has 1 heteroatoms. The largest absolute Gasteiger partial charge is 0.311 e. The Labute approximate surface area is 340 Å². The highest BCUT2D eigenvalue weighted by Gasteiger charge is 2.17. The van der Waals surface area contributed by atoms with E-state index in [9.17, 15) is 11.0 Å². The lowest BCUT2D eigenvalue weighted by atomic mass is 9.90. The average Bonchev–Trinajstić information content (AvgIpc) is 3.37. The van der Waals surface area contributed by atoms with E-state index >= 15 is 0 Å². The number of hydrogen-bond donors (Lipinski definition) is 0. The summed E-state index contributed by atoms with van der Waals surface area (Å²) in [5.74, 6) is 0. The van der Waals surface area contributed by atoms with Crippen LogP contribution in [0.3, 0.4) is 0 Å². The maximum absolute atomic E-state index is 9.69. The minimum atomic E-state index is -0.737. The molecule has 0 N–H and O–H groups in total. The number of fused-ring (bicyclic) bond motifs is 4. The molecular weight excluding hydrogens is 663 g/mol. The van der Waals surface area contributed by atoms with Crippen LogP contribution in [0.4, 0.5) is 17.1 Å². The van der Waals surface area contributed by atoms with Crippen molar-refractivity contribution in [2.75, 3.05) is 4.90 Å². The molecule has 55 heavy (non-hydrogen) atoms. The van der Waals surface area contributed by atoms with Crippen molar-refractivity contribution in [2.24, 2.45) is 0 Å². The average molecular weight is 713 g/mol. The summed E-state index contributed by atoms with van der Waals surface area (Å²) in [4.78, 5) is 1.19. The van der Waals surface area contributed by atoms with Gasteiger partial charge in [0.05, 0.1) is 17.8 Å². The molecule has 10 aromatic carbocycles. The summed E-state index contributed by atoms with van der Waals surface area (Å²) in [5, 5.41) is 5.40. The molecule has 10 rings (SSSR count). The van der Waals surface area contributed by atoms with E-state index in [1.165, 1.54) is 4.90 Å². The van der Waals surface area contributed by atoms with Crippen LogP contribution in [0.1, 0.15) is 17.8 Å². The molecule has 0 radical (unpaired) electrons. The van der Waals surface area contributed by atoms with E-state index in [-0.39, 0.29) is 16.9 Å². The third kappa shape index (κ3) is 6.02. The van der Waals surface area contributed by atoms with E-state index in [1.807, 2.05) is 127 Å². The second-order valence-corrected chi connectivity index (χ2v) is 13.1. The first-order valence-corrected chi connectivity index (χ1v) is 17.9. The van der Waals surface area contributed by atoms with Crippen LogP contribution in [0.5, 0.6) is 0 Å². The molecule has 0 spiro atoms. The van der Waals surface area contributed by atoms with E-state index in [1.54, 1.807) is 12.1 Å². The van der Waals surface area contributed by atoms with Crippen molar-refractivity contribution in [3.05, 3.63) is 224 Å². The molecule has 0 heterocycles. The quantitative estimate of drug-likeness (QED) is 0.149. The van der Waals surface area contributed by atoms with Crippen LogP contribution < -0.4 is 4.90 Å². The number of nitrogens with zero attached hydrogens (tertiary/aromatic N) is 1. The lowest BCUT2D eigenvalue weighted by Crippen LogP contribution is -2.09. The normalized spacial score (nSPS) is 14.6. The van der Waals surface area contributed by atoms with E-state index in [0.29, 0.717) is 10.9 Å². The molecular formula is C54H37N. The molecule has 10 aromatic rings. The van der Waals surface area contributed by atoms with Crippen LogP contribution in [0.15, 0.2) is 224 Å². The molecule has 0 aromatic heterocycles. The smallest absolute Gasteiger partial charge is 0.0645 e. The van der Waals surface area contributed by atoms with Gasteiger partial charge in [-0.25, -0.2) is 0 Å². The molecule has 1 nitrogen and oxygen atoms in total. The fraction of sp³-hybridized carbons (Fsp3) is 0. The Hall–Kier alpha value is -7.22. The molecule has 0 aliphatic carbocycles. The first-order valence-electron chi connectivity index (χ1n) is 24.4. The highest BCUT2D eigenvalue weighted by Crippen LogP contribution is 2.42. The fourth-order valence-corrected chi connectivity index (χ4v) is 7.32. The maximum atomic E-state index is 9.69. The summed E-state index contributed by atoms with van der Waals surface area (Å²) in [5.41, 5.74) is 2.45. The lowest BCUT2D eigenvalue weighted by molar-refractivity contribution is 1.28. The molecule has 0 unspecified atom stereocenters. The predicted molar refractivity (Wildman–Crippen MR) is 235 cm³/mol. The van der Waals surface area contributed by atoms with Gasteiger partial charge in [0.15, 0.2) is 0 Å². The van der Waals surface area contributed by atoms with Gasteiger partial charge in [-0.15, -0.1) is 0 Å². The Balaban J connectivity index is 1.24. The monoisotopic (exact) mass is 712 g/mol. The molecule has 258 valence electrons. The van der Waals surface area contributed by atoms with Crippen molar-refractivity contribution in [2.45, 2.75) is 0 Å². The van der Waals surface area contributed by atoms with E-state index in [0.717, 1.165) is 49.2 Å². The zero-order valence-corrected chi connectivity index (χ0v) is 29.3. The first-order chi connectivity index (χ1) is 32.7. The molecule has 0 saturated heterocycles. The summed E-state index contributed by atoms with van der Waals surface area (Å²) in [6.07, 6.45) is 0. The van der Waals surface area contributed by atoms with Crippen LogP contribution in [0, 0.1) is 0 Å². The van der Waals surface area contributed by atoms with Crippen LogP contribution in [0.25, 0.3) is 76.8 Å². The van der Waals surface area contributed by atoms with Crippen LogP contribution in [-0.2, 0) is 0 Å². The summed E-state index contributed by atoms with van der Waals surface area (Å²) >= 11 is 0. The Morgan fingerprint density at radius 3 is 1.58 bits per heavy atom. The molecule has 0 amide bonds. The Morgan fingerprint density at radius 2 is 0.873 bits per heavy atom. The zero-order valence-electron chi connectivity index (χ0n) is 42.3. The zero-order chi connectivity index (χ0) is 47.9. The molecule has 0 fully saturated rings. The van der Waals surface area contributed by atoms with Gasteiger partial charge in [-0.3, -0.25) is 0 Å². The van der Waals surface area contributed by atoms with E-state index in [2.05, 4.69) is 6.07 Å². The van der Waals surface area contributed by atoms with Gasteiger partial charge in [0, 0.05) is 17.1 Å². The minimum Gasteiger partial charge on any atom is -0.311 e. The maximum Gasteiger partial charge on any atom is 0.0645 e. The summed E-state index contributed by atoms with van der Waals surface area (Å²) < 4.78 is 118. The highest BCUT2D eigenvalue weighted by atomic mass is 15.1. The number of anilines is 3. The van der Waals surface area contributed by atoms with Gasteiger partial charge in [-0.05, 0) is 119 Å². The van der Waals surface area contributed by atoms with Crippen LogP contribution >= 0.6 is 0 Å². The van der Waals surface area contributed by atoms with Gasteiger partial charge in [0.1, 0.15) is 0 Å². The topological polar surface area (TPSA) is 3.24 Å². The predicted octanol–water partition coefficient (Wildman–Crippen LogP) is 15.3. The van der Waals surface area contributed by atoms with Gasteiger partial charge < -0.3 is 4.90 Å². The van der Waals surface area contributed by atoms with Crippen LogP contribution in [-0.4, -0.2) is 0 Å². The van der Waals surface area contributed by atoms with Crippen molar-refractivity contribution < 1.29 is 17.8 Å². The Kier molecular flexibility index (Phi) is 5.45. The second-order valence-electron chi connectivity index (χ2n) is 13.1. The van der Waals surface area contributed by atoms with E-state index in [4.69, 9.17) is 6.85 Å². The van der Waals surface area contributed by atoms with Gasteiger partial charge in [-0.2, -0.15) is 0 Å². The third-order valence-electron chi connectivity index (χ3n) is 9.89. The Morgan fingerprint density at radius 1 is 0.309 bits per heavy atom. The summed E-state index contributed by atoms with van der Waals surface area (Å²) in [6, 6.07) is 37.8. The fourth-order valence-electron chi connectivity index (χ4n) is 7.32. The number of hydrogen-bond acceptors (Lipinski definition) is 1. The van der Waals surface area contributed by atoms with Gasteiger partial charge in [0.25, 0.3) is 0 Å². The SMILES string of the molecule is [2H]c1c([2H])c([2H])c(-c2c([2H])c([2H])c(N(c3ccc(-c4ccc5ccccc5c4-c4ccccc4)cc3)c3c([2H])c([2H])c(-c4cc5ccccc5c5ccccc45)c([2H])c3[2H])c([2H])c2[2H])c([2H])c1[2H]. The van der Waals surface area contributed by atoms with Gasteiger partial charge in [-0.1, -0.05) is 182 Å². The third-order valence-corrected chi connectivity index (χ3v) is 9.89. The lowest BCUT2D eigenvalue weighted by Gasteiger charge is -2.26. The summed E-state index contributed by atoms with van der Waals surface area (Å²) in [7, 11) is 0. The summed E-state index contributed by atoms with van der Waals surface area (Å²) in [6.45, 7) is 0. The van der Waals surface area contributed by atoms with Crippen molar-refractivity contribution in [3.8, 4) is 44.5 Å². The number of rotatable bonds is 7. The second kappa shape index (κ2) is 14.0.